The lowest BCUT2D eigenvalue weighted by atomic mass is 10.1. The van der Waals surface area contributed by atoms with Gasteiger partial charge in [-0.25, -0.2) is 9.37 Å². The van der Waals surface area contributed by atoms with Gasteiger partial charge in [-0.2, -0.15) is 0 Å². The first kappa shape index (κ1) is 22.6. The Morgan fingerprint density at radius 1 is 1.22 bits per heavy atom. The highest BCUT2D eigenvalue weighted by molar-refractivity contribution is 7.22. The van der Waals surface area contributed by atoms with Gasteiger partial charge >= 0.3 is 0 Å². The first-order valence-corrected chi connectivity index (χ1v) is 11.8. The fraction of sp³-hybridized carbons (Fsp3) is 0.417. The molecule has 1 amide bonds. The smallest absolute Gasteiger partial charge is 0.233 e. The molecular weight excluding hydrogens is 429 g/mol. The van der Waals surface area contributed by atoms with Gasteiger partial charge in [0.1, 0.15) is 11.6 Å². The SMILES string of the molecule is CCOc1ccc(CC(=O)N(CCCN2CCOCC2)c2nc3ccc(F)cc3s2)cc1. The number of amides is 1. The van der Waals surface area contributed by atoms with E-state index >= 15 is 0 Å². The molecule has 2 heterocycles. The van der Waals surface area contributed by atoms with E-state index in [0.717, 1.165) is 55.3 Å². The van der Waals surface area contributed by atoms with Crippen molar-refractivity contribution < 1.29 is 18.7 Å². The third-order valence-corrected chi connectivity index (χ3v) is 6.46. The number of rotatable bonds is 9. The number of anilines is 1. The van der Waals surface area contributed by atoms with E-state index in [1.165, 1.54) is 23.5 Å². The first-order valence-electron chi connectivity index (χ1n) is 11.0. The minimum absolute atomic E-state index is 0.0179. The molecule has 32 heavy (non-hydrogen) atoms. The molecule has 1 saturated heterocycles. The molecule has 170 valence electrons. The van der Waals surface area contributed by atoms with Crippen LogP contribution >= 0.6 is 11.3 Å². The molecule has 3 aromatic rings. The number of thiazole rings is 1. The number of fused-ring (bicyclic) bond motifs is 1. The molecule has 0 unspecified atom stereocenters. The highest BCUT2D eigenvalue weighted by atomic mass is 32.1. The van der Waals surface area contributed by atoms with Crippen LogP contribution in [0.25, 0.3) is 10.2 Å². The zero-order valence-electron chi connectivity index (χ0n) is 18.3. The van der Waals surface area contributed by atoms with Crippen LogP contribution in [0, 0.1) is 5.82 Å². The van der Waals surface area contributed by atoms with Crippen LogP contribution < -0.4 is 9.64 Å². The number of halogens is 1. The van der Waals surface area contributed by atoms with Crippen LogP contribution in [0.2, 0.25) is 0 Å². The average Bonchev–Trinajstić information content (AvgIpc) is 3.21. The highest BCUT2D eigenvalue weighted by Crippen LogP contribution is 2.30. The molecular formula is C24H28FN3O3S. The summed E-state index contributed by atoms with van der Waals surface area (Å²) < 4.78 is 25.3. The van der Waals surface area contributed by atoms with E-state index in [-0.39, 0.29) is 18.1 Å². The van der Waals surface area contributed by atoms with Gasteiger partial charge in [0, 0.05) is 26.2 Å². The highest BCUT2D eigenvalue weighted by Gasteiger charge is 2.21. The zero-order valence-corrected chi connectivity index (χ0v) is 19.1. The van der Waals surface area contributed by atoms with Crippen molar-refractivity contribution in [1.29, 1.82) is 0 Å². The number of hydrogen-bond acceptors (Lipinski definition) is 6. The van der Waals surface area contributed by atoms with Crippen molar-refractivity contribution in [1.82, 2.24) is 9.88 Å². The second-order valence-corrected chi connectivity index (χ2v) is 8.72. The standard InChI is InChI=1S/C24H28FN3O3S/c1-2-31-20-7-4-18(5-8-20)16-23(29)28(11-3-10-27-12-14-30-15-13-27)24-26-21-9-6-19(25)17-22(21)32-24/h4-9,17H,2-3,10-16H2,1H3. The Hall–Kier alpha value is -2.55. The first-order chi connectivity index (χ1) is 15.6. The predicted molar refractivity (Wildman–Crippen MR) is 125 cm³/mol. The lowest BCUT2D eigenvalue weighted by Gasteiger charge is -2.27. The van der Waals surface area contributed by atoms with Gasteiger partial charge < -0.3 is 9.47 Å². The maximum atomic E-state index is 13.7. The lowest BCUT2D eigenvalue weighted by molar-refractivity contribution is -0.118. The Kier molecular flexibility index (Phi) is 7.68. The number of ether oxygens (including phenoxy) is 2. The van der Waals surface area contributed by atoms with E-state index < -0.39 is 0 Å². The Morgan fingerprint density at radius 2 is 2.00 bits per heavy atom. The van der Waals surface area contributed by atoms with Crippen molar-refractivity contribution in [2.75, 3.05) is 50.9 Å². The summed E-state index contributed by atoms with van der Waals surface area (Å²) in [4.78, 5) is 22.0. The summed E-state index contributed by atoms with van der Waals surface area (Å²) in [5.74, 6) is 0.474. The number of nitrogens with zero attached hydrogens (tertiary/aromatic N) is 3. The molecule has 0 saturated carbocycles. The normalized spacial score (nSPS) is 14.6. The van der Waals surface area contributed by atoms with Gasteiger partial charge in [0.05, 0.1) is 36.5 Å². The van der Waals surface area contributed by atoms with E-state index in [0.29, 0.717) is 23.8 Å². The van der Waals surface area contributed by atoms with Gasteiger partial charge in [0.15, 0.2) is 5.13 Å². The quantitative estimate of drug-likeness (QED) is 0.484. The molecule has 1 aromatic heterocycles. The number of benzene rings is 2. The zero-order chi connectivity index (χ0) is 22.3. The van der Waals surface area contributed by atoms with Crippen LogP contribution in [0.4, 0.5) is 9.52 Å². The molecule has 1 fully saturated rings. The fourth-order valence-corrected chi connectivity index (χ4v) is 4.78. The molecule has 6 nitrogen and oxygen atoms in total. The van der Waals surface area contributed by atoms with Crippen LogP contribution in [0.1, 0.15) is 18.9 Å². The van der Waals surface area contributed by atoms with Crippen molar-refractivity contribution in [3.63, 3.8) is 0 Å². The summed E-state index contributed by atoms with van der Waals surface area (Å²) >= 11 is 1.35. The Balaban J connectivity index is 1.49. The molecule has 0 bridgehead atoms. The van der Waals surface area contributed by atoms with Crippen molar-refractivity contribution in [3.05, 3.63) is 53.8 Å². The van der Waals surface area contributed by atoms with Crippen LogP contribution in [0.3, 0.4) is 0 Å². The number of carbonyl (C=O) groups excluding carboxylic acids is 1. The van der Waals surface area contributed by atoms with E-state index in [4.69, 9.17) is 9.47 Å². The van der Waals surface area contributed by atoms with Crippen molar-refractivity contribution in [3.8, 4) is 5.75 Å². The van der Waals surface area contributed by atoms with E-state index in [9.17, 15) is 9.18 Å². The number of hydrogen-bond donors (Lipinski definition) is 0. The monoisotopic (exact) mass is 457 g/mol. The minimum Gasteiger partial charge on any atom is -0.494 e. The third-order valence-electron chi connectivity index (χ3n) is 5.42. The number of carbonyl (C=O) groups is 1. The van der Waals surface area contributed by atoms with Gasteiger partial charge in [0.2, 0.25) is 5.91 Å². The second-order valence-electron chi connectivity index (χ2n) is 7.72. The van der Waals surface area contributed by atoms with E-state index in [1.807, 2.05) is 31.2 Å². The topological polar surface area (TPSA) is 54.9 Å². The minimum atomic E-state index is -0.299. The average molecular weight is 458 g/mol. The molecule has 0 radical (unpaired) electrons. The summed E-state index contributed by atoms with van der Waals surface area (Å²) in [5.41, 5.74) is 1.63. The van der Waals surface area contributed by atoms with Crippen LogP contribution in [0.5, 0.6) is 5.75 Å². The maximum absolute atomic E-state index is 13.7. The lowest BCUT2D eigenvalue weighted by Crippen LogP contribution is -2.39. The largest absolute Gasteiger partial charge is 0.494 e. The van der Waals surface area contributed by atoms with Crippen molar-refractivity contribution in [2.45, 2.75) is 19.8 Å². The molecule has 4 rings (SSSR count). The Bertz CT molecular complexity index is 1030. The van der Waals surface area contributed by atoms with Crippen LogP contribution in [-0.2, 0) is 16.0 Å². The van der Waals surface area contributed by atoms with Gasteiger partial charge in [0.25, 0.3) is 0 Å². The van der Waals surface area contributed by atoms with Gasteiger partial charge in [-0.05, 0) is 49.2 Å². The Morgan fingerprint density at radius 3 is 2.75 bits per heavy atom. The third kappa shape index (κ3) is 5.82. The summed E-state index contributed by atoms with van der Waals surface area (Å²) in [6, 6.07) is 12.1. The van der Waals surface area contributed by atoms with Crippen LogP contribution in [-0.4, -0.2) is 61.8 Å². The molecule has 0 aliphatic carbocycles. The maximum Gasteiger partial charge on any atom is 0.233 e. The van der Waals surface area contributed by atoms with E-state index in [1.54, 1.807) is 11.0 Å². The van der Waals surface area contributed by atoms with E-state index in [2.05, 4.69) is 9.88 Å². The van der Waals surface area contributed by atoms with Crippen LogP contribution in [0.15, 0.2) is 42.5 Å². The summed E-state index contributed by atoms with van der Waals surface area (Å²) in [6.45, 7) is 7.35. The predicted octanol–water partition coefficient (Wildman–Crippen LogP) is 4.13. The van der Waals surface area contributed by atoms with Crippen molar-refractivity contribution in [2.24, 2.45) is 0 Å². The molecule has 2 aromatic carbocycles. The number of morpholine rings is 1. The summed E-state index contributed by atoms with van der Waals surface area (Å²) in [7, 11) is 0. The van der Waals surface area contributed by atoms with Gasteiger partial charge in [-0.3, -0.25) is 14.6 Å². The second kappa shape index (κ2) is 10.8. The molecule has 1 aliphatic heterocycles. The van der Waals surface area contributed by atoms with Gasteiger partial charge in [-0.1, -0.05) is 23.5 Å². The fourth-order valence-electron chi connectivity index (χ4n) is 3.75. The summed E-state index contributed by atoms with van der Waals surface area (Å²) in [6.07, 6.45) is 1.10. The molecule has 0 spiro atoms. The van der Waals surface area contributed by atoms with Crippen molar-refractivity contribution >= 4 is 32.6 Å². The number of aromatic nitrogens is 1. The molecule has 0 atom stereocenters. The van der Waals surface area contributed by atoms with Gasteiger partial charge in [-0.15, -0.1) is 0 Å². The molecule has 8 heteroatoms. The molecule has 0 N–H and O–H groups in total. The Labute approximate surface area is 191 Å². The molecule has 1 aliphatic rings. The summed E-state index contributed by atoms with van der Waals surface area (Å²) in [5, 5.41) is 0.614.